The molecule has 1 unspecified atom stereocenters. The third-order valence-electron chi connectivity index (χ3n) is 3.81. The summed E-state index contributed by atoms with van der Waals surface area (Å²) in [5.41, 5.74) is 1.37. The van der Waals surface area contributed by atoms with Gasteiger partial charge in [-0.15, -0.1) is 11.3 Å². The Hall–Kier alpha value is -0.940. The highest BCUT2D eigenvalue weighted by molar-refractivity contribution is 7.17. The molecule has 0 bridgehead atoms. The molecule has 1 aromatic heterocycles. The minimum Gasteiger partial charge on any atom is -0.379 e. The number of hydrogen-bond donors (Lipinski definition) is 1. The van der Waals surface area contributed by atoms with E-state index in [9.17, 15) is 0 Å². The molecule has 108 valence electrons. The van der Waals surface area contributed by atoms with E-state index in [0.29, 0.717) is 6.04 Å². The van der Waals surface area contributed by atoms with E-state index in [1.54, 1.807) is 11.3 Å². The second kappa shape index (κ2) is 6.68. The predicted octanol–water partition coefficient (Wildman–Crippen LogP) is 2.71. The van der Waals surface area contributed by atoms with E-state index in [0.717, 1.165) is 39.4 Å². The van der Waals surface area contributed by atoms with E-state index < -0.39 is 0 Å². The molecule has 0 saturated carbocycles. The number of nitrogens with one attached hydrogen (secondary N) is 1. The Labute approximate surface area is 124 Å². The third-order valence-corrected chi connectivity index (χ3v) is 4.71. The Morgan fingerprint density at radius 1 is 1.30 bits per heavy atom. The standard InChI is InChI=1S/C16H22N2OS/c1-13(12-18-5-7-19-8-6-18)17-11-14-2-3-16-15(10-14)4-9-20-16/h2-4,9-10,13,17H,5-8,11-12H2,1H3. The van der Waals surface area contributed by atoms with Crippen LogP contribution in [0.5, 0.6) is 0 Å². The fourth-order valence-corrected chi connectivity index (χ4v) is 3.42. The Morgan fingerprint density at radius 3 is 3.00 bits per heavy atom. The topological polar surface area (TPSA) is 24.5 Å². The normalized spacial score (nSPS) is 18.4. The zero-order valence-corrected chi connectivity index (χ0v) is 12.8. The number of ether oxygens (including phenoxy) is 1. The van der Waals surface area contributed by atoms with Crippen molar-refractivity contribution >= 4 is 21.4 Å². The maximum atomic E-state index is 5.38. The molecule has 1 aliphatic rings. The van der Waals surface area contributed by atoms with Gasteiger partial charge in [0.2, 0.25) is 0 Å². The van der Waals surface area contributed by atoms with E-state index in [4.69, 9.17) is 4.74 Å². The summed E-state index contributed by atoms with van der Waals surface area (Å²) in [5, 5.41) is 7.14. The van der Waals surface area contributed by atoms with Crippen molar-refractivity contribution in [3.05, 3.63) is 35.2 Å². The van der Waals surface area contributed by atoms with Gasteiger partial charge < -0.3 is 10.1 Å². The Bertz CT molecular complexity index is 548. The van der Waals surface area contributed by atoms with Crippen LogP contribution in [0.4, 0.5) is 0 Å². The number of thiophene rings is 1. The maximum Gasteiger partial charge on any atom is 0.0594 e. The van der Waals surface area contributed by atoms with Crippen LogP contribution in [0.2, 0.25) is 0 Å². The summed E-state index contributed by atoms with van der Waals surface area (Å²) in [5.74, 6) is 0. The number of nitrogens with zero attached hydrogens (tertiary/aromatic N) is 1. The number of hydrogen-bond acceptors (Lipinski definition) is 4. The van der Waals surface area contributed by atoms with Gasteiger partial charge >= 0.3 is 0 Å². The molecule has 3 rings (SSSR count). The summed E-state index contributed by atoms with van der Waals surface area (Å²) < 4.78 is 6.75. The van der Waals surface area contributed by atoms with Crippen LogP contribution in [0.1, 0.15) is 12.5 Å². The zero-order chi connectivity index (χ0) is 13.8. The van der Waals surface area contributed by atoms with Gasteiger partial charge in [-0.25, -0.2) is 0 Å². The largest absolute Gasteiger partial charge is 0.379 e. The molecule has 0 spiro atoms. The first-order chi connectivity index (χ1) is 9.81. The molecule has 1 atom stereocenters. The van der Waals surface area contributed by atoms with E-state index in [2.05, 4.69) is 46.8 Å². The molecule has 0 aliphatic carbocycles. The average Bonchev–Trinajstić information content (AvgIpc) is 2.93. The Balaban J connectivity index is 1.50. The molecule has 1 N–H and O–H groups in total. The minimum absolute atomic E-state index is 0.506. The first kappa shape index (κ1) is 14.0. The molecule has 3 nitrogen and oxygen atoms in total. The van der Waals surface area contributed by atoms with Crippen LogP contribution >= 0.6 is 11.3 Å². The lowest BCUT2D eigenvalue weighted by Gasteiger charge is -2.29. The van der Waals surface area contributed by atoms with Gasteiger partial charge in [0.05, 0.1) is 13.2 Å². The highest BCUT2D eigenvalue weighted by Crippen LogP contribution is 2.21. The van der Waals surface area contributed by atoms with E-state index in [-0.39, 0.29) is 0 Å². The summed E-state index contributed by atoms with van der Waals surface area (Å²) in [6.07, 6.45) is 0. The predicted molar refractivity (Wildman–Crippen MR) is 85.4 cm³/mol. The van der Waals surface area contributed by atoms with Gasteiger partial charge in [0.1, 0.15) is 0 Å². The van der Waals surface area contributed by atoms with Crippen LogP contribution in [0.25, 0.3) is 10.1 Å². The summed E-state index contributed by atoms with van der Waals surface area (Å²) in [6.45, 7) is 8.18. The highest BCUT2D eigenvalue weighted by atomic mass is 32.1. The van der Waals surface area contributed by atoms with Crippen LogP contribution in [0.15, 0.2) is 29.6 Å². The van der Waals surface area contributed by atoms with E-state index in [1.165, 1.54) is 15.6 Å². The smallest absolute Gasteiger partial charge is 0.0594 e. The second-order valence-electron chi connectivity index (χ2n) is 5.49. The molecule has 1 saturated heterocycles. The summed E-state index contributed by atoms with van der Waals surface area (Å²) in [6, 6.07) is 9.45. The molecular weight excluding hydrogens is 268 g/mol. The van der Waals surface area contributed by atoms with E-state index in [1.807, 2.05) is 0 Å². The molecular formula is C16H22N2OS. The lowest BCUT2D eigenvalue weighted by atomic mass is 10.1. The van der Waals surface area contributed by atoms with Crippen LogP contribution < -0.4 is 5.32 Å². The van der Waals surface area contributed by atoms with Crippen LogP contribution in [-0.2, 0) is 11.3 Å². The van der Waals surface area contributed by atoms with Crippen molar-refractivity contribution in [2.24, 2.45) is 0 Å². The molecule has 0 radical (unpaired) electrons. The molecule has 20 heavy (non-hydrogen) atoms. The number of morpholine rings is 1. The fourth-order valence-electron chi connectivity index (χ4n) is 2.65. The molecule has 2 aromatic rings. The lowest BCUT2D eigenvalue weighted by molar-refractivity contribution is 0.0343. The van der Waals surface area contributed by atoms with Crippen LogP contribution in [0.3, 0.4) is 0 Å². The van der Waals surface area contributed by atoms with Gasteiger partial charge in [-0.1, -0.05) is 6.07 Å². The average molecular weight is 290 g/mol. The first-order valence-electron chi connectivity index (χ1n) is 7.31. The number of fused-ring (bicyclic) bond motifs is 1. The molecule has 1 fully saturated rings. The van der Waals surface area contributed by atoms with Crippen molar-refractivity contribution in [3.8, 4) is 0 Å². The number of rotatable bonds is 5. The van der Waals surface area contributed by atoms with Crippen molar-refractivity contribution in [1.82, 2.24) is 10.2 Å². The Morgan fingerprint density at radius 2 is 2.15 bits per heavy atom. The third kappa shape index (κ3) is 3.58. The van der Waals surface area contributed by atoms with Crippen molar-refractivity contribution in [3.63, 3.8) is 0 Å². The SMILES string of the molecule is CC(CN1CCOCC1)NCc1ccc2sccc2c1. The van der Waals surface area contributed by atoms with Gasteiger partial charge in [0, 0.05) is 36.9 Å². The summed E-state index contributed by atoms with van der Waals surface area (Å²) in [4.78, 5) is 2.48. The molecule has 0 amide bonds. The quantitative estimate of drug-likeness (QED) is 0.916. The summed E-state index contributed by atoms with van der Waals surface area (Å²) in [7, 11) is 0. The van der Waals surface area contributed by atoms with Crippen molar-refractivity contribution < 1.29 is 4.74 Å². The van der Waals surface area contributed by atoms with Gasteiger partial charge in [-0.2, -0.15) is 0 Å². The van der Waals surface area contributed by atoms with E-state index >= 15 is 0 Å². The van der Waals surface area contributed by atoms with Gasteiger partial charge in [0.25, 0.3) is 0 Å². The van der Waals surface area contributed by atoms with Crippen molar-refractivity contribution in [1.29, 1.82) is 0 Å². The fraction of sp³-hybridized carbons (Fsp3) is 0.500. The van der Waals surface area contributed by atoms with Gasteiger partial charge in [-0.05, 0) is 41.5 Å². The maximum absolute atomic E-state index is 5.38. The second-order valence-corrected chi connectivity index (χ2v) is 6.44. The van der Waals surface area contributed by atoms with Crippen LogP contribution in [-0.4, -0.2) is 43.8 Å². The monoisotopic (exact) mass is 290 g/mol. The first-order valence-corrected chi connectivity index (χ1v) is 8.19. The zero-order valence-electron chi connectivity index (χ0n) is 12.0. The lowest BCUT2D eigenvalue weighted by Crippen LogP contribution is -2.44. The number of benzene rings is 1. The minimum atomic E-state index is 0.506. The summed E-state index contributed by atoms with van der Waals surface area (Å²) >= 11 is 1.80. The highest BCUT2D eigenvalue weighted by Gasteiger charge is 2.13. The van der Waals surface area contributed by atoms with Gasteiger partial charge in [0.15, 0.2) is 0 Å². The van der Waals surface area contributed by atoms with Gasteiger partial charge in [-0.3, -0.25) is 4.90 Å². The van der Waals surface area contributed by atoms with Crippen molar-refractivity contribution in [2.75, 3.05) is 32.8 Å². The molecule has 1 aliphatic heterocycles. The molecule has 1 aromatic carbocycles. The Kier molecular flexibility index (Phi) is 4.68. The van der Waals surface area contributed by atoms with Crippen LogP contribution in [0, 0.1) is 0 Å². The molecule has 4 heteroatoms. The molecule has 2 heterocycles. The van der Waals surface area contributed by atoms with Crippen molar-refractivity contribution in [2.45, 2.75) is 19.5 Å².